The molecule has 1 amide bonds. The summed E-state index contributed by atoms with van der Waals surface area (Å²) in [4.78, 5) is 14.2. The van der Waals surface area contributed by atoms with Crippen molar-refractivity contribution < 1.29 is 17.9 Å². The fourth-order valence-corrected chi connectivity index (χ4v) is 5.48. The Morgan fingerprint density at radius 3 is 2.48 bits per heavy atom. The maximum atomic E-state index is 12.9. The average molecular weight is 500 g/mol. The number of carbonyl (C=O) groups is 1. The summed E-state index contributed by atoms with van der Waals surface area (Å²) in [6.45, 7) is 1.04. The first-order valence-corrected chi connectivity index (χ1v) is 11.5. The first-order valence-electron chi connectivity index (χ1n) is 8.88. The van der Waals surface area contributed by atoms with Crippen LogP contribution >= 0.6 is 27.5 Å². The molecule has 1 aliphatic rings. The molecule has 2 aromatic rings. The third kappa shape index (κ3) is 5.01. The number of amides is 1. The molecule has 0 radical (unpaired) electrons. The van der Waals surface area contributed by atoms with Gasteiger partial charge in [0.05, 0.1) is 12.1 Å². The van der Waals surface area contributed by atoms with Crippen LogP contribution in [0, 0.1) is 0 Å². The lowest BCUT2D eigenvalue weighted by molar-refractivity contribution is -0.127. The predicted molar refractivity (Wildman–Crippen MR) is 117 cm³/mol. The number of hydrogen-bond acceptors (Lipinski definition) is 4. The van der Waals surface area contributed by atoms with E-state index in [4.69, 9.17) is 16.3 Å². The summed E-state index contributed by atoms with van der Waals surface area (Å²) in [6, 6.07) is 12.1. The summed E-state index contributed by atoms with van der Waals surface area (Å²) < 4.78 is 33.1. The largest absolute Gasteiger partial charge is 0.496 e. The molecule has 1 saturated heterocycles. The zero-order valence-corrected chi connectivity index (χ0v) is 18.9. The number of halogens is 2. The number of benzene rings is 2. The summed E-state index contributed by atoms with van der Waals surface area (Å²) in [7, 11) is -2.14. The minimum absolute atomic E-state index is 0.0678. The zero-order valence-electron chi connectivity index (χ0n) is 15.7. The molecule has 0 N–H and O–H groups in total. The molecular weight excluding hydrogens is 480 g/mol. The van der Waals surface area contributed by atoms with E-state index in [0.717, 1.165) is 5.56 Å². The van der Waals surface area contributed by atoms with Crippen molar-refractivity contribution in [2.75, 3.05) is 33.3 Å². The second-order valence-electron chi connectivity index (χ2n) is 6.38. The summed E-state index contributed by atoms with van der Waals surface area (Å²) in [5.74, 6) is 0.508. The van der Waals surface area contributed by atoms with Crippen LogP contribution in [0.5, 0.6) is 5.75 Å². The molecule has 0 saturated carbocycles. The Morgan fingerprint density at radius 2 is 1.83 bits per heavy atom. The third-order valence-electron chi connectivity index (χ3n) is 4.61. The van der Waals surface area contributed by atoms with E-state index in [1.54, 1.807) is 30.2 Å². The number of sulfonamides is 1. The molecule has 1 aliphatic heterocycles. The lowest BCUT2D eigenvalue weighted by Crippen LogP contribution is -2.50. The number of hydrogen-bond donors (Lipinski definition) is 0. The zero-order chi connectivity index (χ0) is 21.0. The first-order chi connectivity index (χ1) is 13.8. The highest BCUT2D eigenvalue weighted by atomic mass is 79.9. The standard InChI is InChI=1S/C20H20BrClN2O4S/c1-28-18-5-3-2-4-15(18)6-9-20(25)23-10-12-24(13-11-23)29(26,27)19-8-7-16(21)14-17(19)22/h2-9,14H,10-13H2,1H3. The number of ether oxygens (including phenoxy) is 1. The van der Waals surface area contributed by atoms with Crippen LogP contribution in [0.3, 0.4) is 0 Å². The van der Waals surface area contributed by atoms with E-state index in [9.17, 15) is 13.2 Å². The van der Waals surface area contributed by atoms with Crippen LogP contribution in [0.4, 0.5) is 0 Å². The molecule has 2 aromatic carbocycles. The predicted octanol–water partition coefficient (Wildman–Crippen LogP) is 3.66. The van der Waals surface area contributed by atoms with E-state index in [2.05, 4.69) is 15.9 Å². The van der Waals surface area contributed by atoms with Gasteiger partial charge >= 0.3 is 0 Å². The summed E-state index contributed by atoms with van der Waals surface area (Å²) in [5.41, 5.74) is 0.800. The van der Waals surface area contributed by atoms with Gasteiger partial charge in [0, 0.05) is 42.3 Å². The third-order valence-corrected chi connectivity index (χ3v) is 7.48. The van der Waals surface area contributed by atoms with Crippen molar-refractivity contribution in [3.8, 4) is 5.75 Å². The van der Waals surface area contributed by atoms with Gasteiger partial charge < -0.3 is 9.64 Å². The van der Waals surface area contributed by atoms with Gasteiger partial charge in [-0.05, 0) is 30.3 Å². The van der Waals surface area contributed by atoms with Gasteiger partial charge in [-0.25, -0.2) is 8.42 Å². The highest BCUT2D eigenvalue weighted by molar-refractivity contribution is 9.10. The van der Waals surface area contributed by atoms with E-state index in [-0.39, 0.29) is 28.9 Å². The molecule has 6 nitrogen and oxygen atoms in total. The monoisotopic (exact) mass is 498 g/mol. The fraction of sp³-hybridized carbons (Fsp3) is 0.250. The highest BCUT2D eigenvalue weighted by Crippen LogP contribution is 2.28. The van der Waals surface area contributed by atoms with Gasteiger partial charge in [-0.15, -0.1) is 0 Å². The van der Waals surface area contributed by atoms with Crippen molar-refractivity contribution in [2.45, 2.75) is 4.90 Å². The molecule has 1 heterocycles. The van der Waals surface area contributed by atoms with Crippen LogP contribution in [0.15, 0.2) is 57.9 Å². The molecule has 0 bridgehead atoms. The Labute approximate surface area is 183 Å². The number of piperazine rings is 1. The van der Waals surface area contributed by atoms with E-state index >= 15 is 0 Å². The minimum atomic E-state index is -3.71. The molecule has 0 atom stereocenters. The first kappa shape index (κ1) is 21.8. The van der Waals surface area contributed by atoms with Crippen LogP contribution in [0.1, 0.15) is 5.56 Å². The molecular formula is C20H20BrClN2O4S. The molecule has 0 unspecified atom stereocenters. The van der Waals surface area contributed by atoms with Crippen molar-refractivity contribution in [3.63, 3.8) is 0 Å². The quantitative estimate of drug-likeness (QED) is 0.589. The van der Waals surface area contributed by atoms with E-state index in [1.807, 2.05) is 24.3 Å². The molecule has 9 heteroatoms. The smallest absolute Gasteiger partial charge is 0.246 e. The Bertz CT molecular complexity index is 1030. The van der Waals surface area contributed by atoms with Gasteiger partial charge in [-0.2, -0.15) is 4.31 Å². The number of nitrogens with zero attached hydrogens (tertiary/aromatic N) is 2. The van der Waals surface area contributed by atoms with Crippen molar-refractivity contribution in [2.24, 2.45) is 0 Å². The topological polar surface area (TPSA) is 66.9 Å². The summed E-state index contributed by atoms with van der Waals surface area (Å²) in [5, 5.41) is 0.164. The van der Waals surface area contributed by atoms with Crippen LogP contribution < -0.4 is 4.74 Å². The van der Waals surface area contributed by atoms with Gasteiger partial charge in [0.2, 0.25) is 15.9 Å². The molecule has 154 valence electrons. The fourth-order valence-electron chi connectivity index (χ4n) is 3.04. The van der Waals surface area contributed by atoms with Gasteiger partial charge in [0.25, 0.3) is 0 Å². The molecule has 3 rings (SSSR count). The maximum absolute atomic E-state index is 12.9. The molecule has 1 fully saturated rings. The highest BCUT2D eigenvalue weighted by Gasteiger charge is 2.31. The lowest BCUT2D eigenvalue weighted by atomic mass is 10.2. The lowest BCUT2D eigenvalue weighted by Gasteiger charge is -2.33. The minimum Gasteiger partial charge on any atom is -0.496 e. The van der Waals surface area contributed by atoms with Gasteiger partial charge in [0.1, 0.15) is 10.6 Å². The van der Waals surface area contributed by atoms with Crippen LogP contribution in [-0.2, 0) is 14.8 Å². The van der Waals surface area contributed by atoms with Crippen molar-refractivity contribution in [1.82, 2.24) is 9.21 Å². The summed E-state index contributed by atoms with van der Waals surface area (Å²) >= 11 is 9.39. The summed E-state index contributed by atoms with van der Waals surface area (Å²) in [6.07, 6.45) is 3.18. The van der Waals surface area contributed by atoms with Crippen molar-refractivity contribution in [1.29, 1.82) is 0 Å². The van der Waals surface area contributed by atoms with Crippen LogP contribution in [0.25, 0.3) is 6.08 Å². The SMILES string of the molecule is COc1ccccc1C=CC(=O)N1CCN(S(=O)(=O)c2ccc(Br)cc2Cl)CC1. The van der Waals surface area contributed by atoms with Crippen LogP contribution in [0.2, 0.25) is 5.02 Å². The van der Waals surface area contributed by atoms with Crippen molar-refractivity contribution >= 4 is 49.5 Å². The van der Waals surface area contributed by atoms with Gasteiger partial charge in [-0.1, -0.05) is 45.7 Å². The second-order valence-corrected chi connectivity index (χ2v) is 9.61. The molecule has 0 spiro atoms. The normalized spacial score (nSPS) is 15.6. The molecule has 29 heavy (non-hydrogen) atoms. The number of methoxy groups -OCH3 is 1. The van der Waals surface area contributed by atoms with E-state index in [0.29, 0.717) is 23.3 Å². The average Bonchev–Trinajstić information content (AvgIpc) is 2.72. The Kier molecular flexibility index (Phi) is 7.00. The molecule has 0 aliphatic carbocycles. The Morgan fingerprint density at radius 1 is 1.14 bits per heavy atom. The second kappa shape index (κ2) is 9.30. The number of rotatable bonds is 5. The van der Waals surface area contributed by atoms with Crippen molar-refractivity contribution in [3.05, 3.63) is 63.6 Å². The van der Waals surface area contributed by atoms with Gasteiger partial charge in [-0.3, -0.25) is 4.79 Å². The molecule has 0 aromatic heterocycles. The number of carbonyl (C=O) groups excluding carboxylic acids is 1. The maximum Gasteiger partial charge on any atom is 0.246 e. The van der Waals surface area contributed by atoms with Gasteiger partial charge in [0.15, 0.2) is 0 Å². The van der Waals surface area contributed by atoms with E-state index in [1.165, 1.54) is 16.4 Å². The van der Waals surface area contributed by atoms with Crippen LogP contribution in [-0.4, -0.2) is 56.8 Å². The Balaban J connectivity index is 1.65. The Hall–Kier alpha value is -1.87. The number of para-hydroxylation sites is 1. The van der Waals surface area contributed by atoms with E-state index < -0.39 is 10.0 Å².